The number of aromatic nitrogens is 2. The molecule has 2 aromatic rings. The maximum absolute atomic E-state index is 8.58. The summed E-state index contributed by atoms with van der Waals surface area (Å²) in [6.07, 6.45) is 1.23. The van der Waals surface area contributed by atoms with Crippen LogP contribution in [0, 0.1) is 11.3 Å². The molecule has 0 unspecified atom stereocenters. The van der Waals surface area contributed by atoms with E-state index in [2.05, 4.69) is 16.0 Å². The molecule has 0 bridgehead atoms. The van der Waals surface area contributed by atoms with Gasteiger partial charge in [0, 0.05) is 22.8 Å². The first-order valence-electron chi connectivity index (χ1n) is 6.57. The Morgan fingerprint density at radius 3 is 2.62 bits per heavy atom. The summed E-state index contributed by atoms with van der Waals surface area (Å²) in [6, 6.07) is 9.58. The van der Waals surface area contributed by atoms with E-state index in [0.29, 0.717) is 28.2 Å². The molecule has 2 N–H and O–H groups in total. The molecule has 1 aromatic heterocycles. The molecule has 0 amide bonds. The van der Waals surface area contributed by atoms with E-state index in [9.17, 15) is 0 Å². The number of nitrogens with zero attached hydrogens (tertiary/aromatic N) is 3. The van der Waals surface area contributed by atoms with Crippen LogP contribution in [0.3, 0.4) is 0 Å². The topological polar surface area (TPSA) is 75.6 Å². The second-order valence-corrected chi connectivity index (χ2v) is 5.83. The predicted molar refractivity (Wildman–Crippen MR) is 87.2 cm³/mol. The van der Waals surface area contributed by atoms with Crippen LogP contribution < -0.4 is 5.73 Å². The van der Waals surface area contributed by atoms with E-state index in [-0.39, 0.29) is 0 Å². The Labute approximate surface area is 133 Å². The van der Waals surface area contributed by atoms with Crippen LogP contribution in [0.25, 0.3) is 11.1 Å². The van der Waals surface area contributed by atoms with Gasteiger partial charge in [-0.15, -0.1) is 0 Å². The second-order valence-electron chi connectivity index (χ2n) is 4.33. The van der Waals surface area contributed by atoms with Gasteiger partial charge in [0.15, 0.2) is 5.16 Å². The fraction of sp³-hybridized carbons (Fsp3) is 0.267. The van der Waals surface area contributed by atoms with Crippen LogP contribution in [0.1, 0.15) is 19.0 Å². The molecule has 0 aliphatic heterocycles. The third-order valence-corrected chi connectivity index (χ3v) is 4.01. The molecule has 0 aliphatic carbocycles. The molecule has 0 atom stereocenters. The number of aryl methyl sites for hydroxylation is 1. The summed E-state index contributed by atoms with van der Waals surface area (Å²) in [6.45, 7) is 2.03. The Kier molecular flexibility index (Phi) is 5.43. The maximum Gasteiger partial charge on any atom is 0.189 e. The molecule has 108 valence electrons. The molecule has 1 aromatic carbocycles. The van der Waals surface area contributed by atoms with Gasteiger partial charge in [0.1, 0.15) is 5.82 Å². The van der Waals surface area contributed by atoms with E-state index >= 15 is 0 Å². The highest BCUT2D eigenvalue weighted by Gasteiger charge is 2.13. The average molecular weight is 319 g/mol. The molecule has 0 spiro atoms. The number of nitriles is 1. The number of thioether (sulfide) groups is 1. The summed E-state index contributed by atoms with van der Waals surface area (Å²) in [5, 5.41) is 9.88. The van der Waals surface area contributed by atoms with Crippen LogP contribution in [0.4, 0.5) is 5.82 Å². The number of hydrogen-bond acceptors (Lipinski definition) is 5. The Hall–Kier alpha value is -1.77. The number of anilines is 1. The molecule has 0 radical (unpaired) electrons. The van der Waals surface area contributed by atoms with Crippen LogP contribution in [-0.4, -0.2) is 15.7 Å². The first-order valence-corrected chi connectivity index (χ1v) is 7.94. The lowest BCUT2D eigenvalue weighted by molar-refractivity contribution is 0.899. The van der Waals surface area contributed by atoms with Crippen molar-refractivity contribution in [1.29, 1.82) is 5.26 Å². The normalized spacial score (nSPS) is 10.3. The van der Waals surface area contributed by atoms with Crippen molar-refractivity contribution in [3.05, 3.63) is 35.0 Å². The maximum atomic E-state index is 8.58. The van der Waals surface area contributed by atoms with Gasteiger partial charge in [-0.25, -0.2) is 9.97 Å². The summed E-state index contributed by atoms with van der Waals surface area (Å²) >= 11 is 7.37. The third kappa shape index (κ3) is 3.87. The van der Waals surface area contributed by atoms with Crippen molar-refractivity contribution in [2.45, 2.75) is 24.9 Å². The summed E-state index contributed by atoms with van der Waals surface area (Å²) in [7, 11) is 0. The van der Waals surface area contributed by atoms with Crippen molar-refractivity contribution >= 4 is 29.2 Å². The second kappa shape index (κ2) is 7.30. The molecule has 0 saturated heterocycles. The van der Waals surface area contributed by atoms with Crippen LogP contribution >= 0.6 is 23.4 Å². The number of rotatable bonds is 5. The van der Waals surface area contributed by atoms with E-state index in [1.54, 1.807) is 0 Å². The highest BCUT2D eigenvalue weighted by molar-refractivity contribution is 7.99. The van der Waals surface area contributed by atoms with Gasteiger partial charge >= 0.3 is 0 Å². The van der Waals surface area contributed by atoms with E-state index in [0.717, 1.165) is 23.2 Å². The smallest absolute Gasteiger partial charge is 0.189 e. The standard InChI is InChI=1S/C15H15ClN4S/c1-2-12-13(10-4-6-11(16)7-5-10)14(18)20-15(19-12)21-9-3-8-17/h4-7H,2-3,9H2,1H3,(H2,18,19,20). The first-order chi connectivity index (χ1) is 10.2. The van der Waals surface area contributed by atoms with E-state index < -0.39 is 0 Å². The van der Waals surface area contributed by atoms with Crippen LogP contribution in [0.2, 0.25) is 5.02 Å². The molecule has 21 heavy (non-hydrogen) atoms. The predicted octanol–water partition coefficient (Wildman–Crippen LogP) is 3.95. The zero-order chi connectivity index (χ0) is 15.2. The van der Waals surface area contributed by atoms with Gasteiger partial charge in [0.05, 0.1) is 11.8 Å². The molecule has 4 nitrogen and oxygen atoms in total. The molecule has 6 heteroatoms. The Bertz CT molecular complexity index is 665. The molecule has 2 rings (SSSR count). The number of nitrogens with two attached hydrogens (primary N) is 1. The monoisotopic (exact) mass is 318 g/mol. The molecule has 1 heterocycles. The highest BCUT2D eigenvalue weighted by atomic mass is 35.5. The van der Waals surface area contributed by atoms with Gasteiger partial charge in [-0.1, -0.05) is 42.4 Å². The van der Waals surface area contributed by atoms with Crippen molar-refractivity contribution in [3.63, 3.8) is 0 Å². The minimum absolute atomic E-state index is 0.462. The van der Waals surface area contributed by atoms with Gasteiger partial charge in [-0.2, -0.15) is 5.26 Å². The average Bonchev–Trinajstić information content (AvgIpc) is 2.48. The van der Waals surface area contributed by atoms with Crippen molar-refractivity contribution in [1.82, 2.24) is 9.97 Å². The van der Waals surface area contributed by atoms with Crippen LogP contribution in [-0.2, 0) is 6.42 Å². The highest BCUT2D eigenvalue weighted by Crippen LogP contribution is 2.31. The fourth-order valence-electron chi connectivity index (χ4n) is 1.94. The van der Waals surface area contributed by atoms with Gasteiger partial charge in [0.2, 0.25) is 0 Å². The minimum Gasteiger partial charge on any atom is -0.383 e. The zero-order valence-electron chi connectivity index (χ0n) is 11.6. The van der Waals surface area contributed by atoms with Crippen molar-refractivity contribution in [2.75, 3.05) is 11.5 Å². The van der Waals surface area contributed by atoms with Gasteiger partial charge in [0.25, 0.3) is 0 Å². The number of hydrogen-bond donors (Lipinski definition) is 1. The summed E-state index contributed by atoms with van der Waals surface area (Å²) in [5.74, 6) is 1.13. The summed E-state index contributed by atoms with van der Waals surface area (Å²) in [4.78, 5) is 8.89. The molecule has 0 aliphatic rings. The lowest BCUT2D eigenvalue weighted by Crippen LogP contribution is -2.04. The van der Waals surface area contributed by atoms with E-state index in [1.807, 2.05) is 31.2 Å². The van der Waals surface area contributed by atoms with Crippen LogP contribution in [0.15, 0.2) is 29.4 Å². The first kappa shape index (κ1) is 15.6. The van der Waals surface area contributed by atoms with E-state index in [1.165, 1.54) is 11.8 Å². The lowest BCUT2D eigenvalue weighted by Gasteiger charge is -2.12. The zero-order valence-corrected chi connectivity index (χ0v) is 13.2. The number of benzene rings is 1. The largest absolute Gasteiger partial charge is 0.383 e. The lowest BCUT2D eigenvalue weighted by atomic mass is 10.0. The molecule has 0 saturated carbocycles. The van der Waals surface area contributed by atoms with Gasteiger partial charge in [-0.05, 0) is 24.1 Å². The molecule has 0 fully saturated rings. The van der Waals surface area contributed by atoms with Gasteiger partial charge in [-0.3, -0.25) is 0 Å². The molecular formula is C15H15ClN4S. The number of nitrogen functional groups attached to an aromatic ring is 1. The third-order valence-electron chi connectivity index (χ3n) is 2.90. The quantitative estimate of drug-likeness (QED) is 0.513. The Balaban J connectivity index is 2.38. The minimum atomic E-state index is 0.462. The Morgan fingerprint density at radius 1 is 1.29 bits per heavy atom. The Morgan fingerprint density at radius 2 is 2.00 bits per heavy atom. The summed E-state index contributed by atoms with van der Waals surface area (Å²) < 4.78 is 0. The van der Waals surface area contributed by atoms with Crippen molar-refractivity contribution < 1.29 is 0 Å². The van der Waals surface area contributed by atoms with Gasteiger partial charge < -0.3 is 5.73 Å². The number of halogens is 1. The fourth-order valence-corrected chi connectivity index (χ4v) is 2.78. The molecular weight excluding hydrogens is 304 g/mol. The van der Waals surface area contributed by atoms with Crippen molar-refractivity contribution in [2.24, 2.45) is 0 Å². The van der Waals surface area contributed by atoms with E-state index in [4.69, 9.17) is 22.6 Å². The van der Waals surface area contributed by atoms with Crippen molar-refractivity contribution in [3.8, 4) is 17.2 Å². The SMILES string of the molecule is CCc1nc(SCCC#N)nc(N)c1-c1ccc(Cl)cc1. The summed E-state index contributed by atoms with van der Waals surface area (Å²) in [5.41, 5.74) is 8.84. The van der Waals surface area contributed by atoms with Crippen LogP contribution in [0.5, 0.6) is 0 Å².